The minimum Gasteiger partial charge on any atom is -0.374 e. The summed E-state index contributed by atoms with van der Waals surface area (Å²) in [5.74, 6) is 1.65. The molecule has 0 bridgehead atoms. The van der Waals surface area contributed by atoms with Gasteiger partial charge < -0.3 is 24.4 Å². The fourth-order valence-corrected chi connectivity index (χ4v) is 3.69. The highest BCUT2D eigenvalue weighted by molar-refractivity contribution is 5.80. The maximum atomic E-state index is 5.85. The zero-order chi connectivity index (χ0) is 17.6. The van der Waals surface area contributed by atoms with Crippen molar-refractivity contribution in [2.45, 2.75) is 32.4 Å². The smallest absolute Gasteiger partial charge is 0.194 e. The van der Waals surface area contributed by atoms with Gasteiger partial charge in [-0.25, -0.2) is 4.98 Å². The van der Waals surface area contributed by atoms with E-state index in [0.717, 1.165) is 51.7 Å². The molecule has 2 fully saturated rings. The SMILES string of the molecule is CCNC(=NCC1CN(C)CCO1)N1CCC(C)C(n2ccnc2)C1. The van der Waals surface area contributed by atoms with E-state index < -0.39 is 0 Å². The fourth-order valence-electron chi connectivity index (χ4n) is 3.69. The predicted octanol–water partition coefficient (Wildman–Crippen LogP) is 1.06. The summed E-state index contributed by atoms with van der Waals surface area (Å²) >= 11 is 0. The number of aliphatic imine (C=N–C) groups is 1. The molecular weight excluding hydrogens is 316 g/mol. The Morgan fingerprint density at radius 1 is 1.36 bits per heavy atom. The van der Waals surface area contributed by atoms with Crippen molar-refractivity contribution < 1.29 is 4.74 Å². The lowest BCUT2D eigenvalue weighted by Crippen LogP contribution is -2.49. The van der Waals surface area contributed by atoms with Crippen LogP contribution in [0, 0.1) is 5.92 Å². The predicted molar refractivity (Wildman–Crippen MR) is 99.8 cm³/mol. The molecule has 0 saturated carbocycles. The number of hydrogen-bond donors (Lipinski definition) is 1. The minimum absolute atomic E-state index is 0.195. The Morgan fingerprint density at radius 3 is 2.96 bits per heavy atom. The monoisotopic (exact) mass is 348 g/mol. The first-order valence-electron chi connectivity index (χ1n) is 9.48. The second kappa shape index (κ2) is 8.67. The lowest BCUT2D eigenvalue weighted by molar-refractivity contribution is -0.0137. The normalized spacial score (nSPS) is 29.0. The maximum absolute atomic E-state index is 5.85. The molecule has 25 heavy (non-hydrogen) atoms. The molecule has 1 N–H and O–H groups in total. The van der Waals surface area contributed by atoms with Crippen LogP contribution in [0.2, 0.25) is 0 Å². The third kappa shape index (κ3) is 4.73. The van der Waals surface area contributed by atoms with Gasteiger partial charge in [0.05, 0.1) is 31.6 Å². The summed E-state index contributed by atoms with van der Waals surface area (Å²) < 4.78 is 8.09. The highest BCUT2D eigenvalue weighted by Gasteiger charge is 2.29. The number of guanidine groups is 1. The van der Waals surface area contributed by atoms with Gasteiger partial charge in [-0.3, -0.25) is 4.99 Å². The molecule has 3 heterocycles. The van der Waals surface area contributed by atoms with Crippen LogP contribution in [0.1, 0.15) is 26.3 Å². The maximum Gasteiger partial charge on any atom is 0.194 e. The summed E-state index contributed by atoms with van der Waals surface area (Å²) in [5, 5.41) is 3.47. The molecule has 0 aliphatic carbocycles. The molecule has 2 aliphatic heterocycles. The number of nitrogens with one attached hydrogen (secondary N) is 1. The zero-order valence-electron chi connectivity index (χ0n) is 15.8. The van der Waals surface area contributed by atoms with Gasteiger partial charge in [0.15, 0.2) is 5.96 Å². The van der Waals surface area contributed by atoms with Crippen LogP contribution in [0.25, 0.3) is 0 Å². The van der Waals surface area contributed by atoms with E-state index in [2.05, 4.69) is 51.8 Å². The number of imidazole rings is 1. The number of ether oxygens (including phenoxy) is 1. The largest absolute Gasteiger partial charge is 0.374 e. The highest BCUT2D eigenvalue weighted by atomic mass is 16.5. The molecule has 3 unspecified atom stereocenters. The van der Waals surface area contributed by atoms with Crippen molar-refractivity contribution in [2.75, 3.05) is 52.9 Å². The molecule has 7 heteroatoms. The highest BCUT2D eigenvalue weighted by Crippen LogP contribution is 2.27. The number of piperidine rings is 1. The summed E-state index contributed by atoms with van der Waals surface area (Å²) in [6, 6.07) is 0.442. The van der Waals surface area contributed by atoms with E-state index in [1.165, 1.54) is 0 Å². The van der Waals surface area contributed by atoms with Gasteiger partial charge in [-0.05, 0) is 26.3 Å². The van der Waals surface area contributed by atoms with Crippen LogP contribution in [0.15, 0.2) is 23.7 Å². The van der Waals surface area contributed by atoms with E-state index in [1.54, 1.807) is 0 Å². The van der Waals surface area contributed by atoms with Gasteiger partial charge >= 0.3 is 0 Å². The van der Waals surface area contributed by atoms with Crippen LogP contribution in [0.3, 0.4) is 0 Å². The van der Waals surface area contributed by atoms with Crippen molar-refractivity contribution in [3.63, 3.8) is 0 Å². The minimum atomic E-state index is 0.195. The Bertz CT molecular complexity index is 546. The van der Waals surface area contributed by atoms with Crippen LogP contribution in [0.4, 0.5) is 0 Å². The third-order valence-corrected chi connectivity index (χ3v) is 5.25. The molecule has 0 amide bonds. The zero-order valence-corrected chi connectivity index (χ0v) is 15.8. The van der Waals surface area contributed by atoms with E-state index in [-0.39, 0.29) is 6.10 Å². The van der Waals surface area contributed by atoms with Crippen molar-refractivity contribution in [1.29, 1.82) is 0 Å². The van der Waals surface area contributed by atoms with E-state index in [4.69, 9.17) is 9.73 Å². The number of aromatic nitrogens is 2. The number of rotatable bonds is 4. The van der Waals surface area contributed by atoms with Crippen LogP contribution in [0.5, 0.6) is 0 Å². The lowest BCUT2D eigenvalue weighted by Gasteiger charge is -2.39. The molecule has 3 atom stereocenters. The van der Waals surface area contributed by atoms with Gasteiger partial charge in [0.2, 0.25) is 0 Å². The Labute approximate surface area is 151 Å². The Balaban J connectivity index is 1.65. The summed E-state index contributed by atoms with van der Waals surface area (Å²) in [7, 11) is 2.15. The lowest BCUT2D eigenvalue weighted by atomic mass is 9.93. The van der Waals surface area contributed by atoms with Crippen LogP contribution in [-0.4, -0.2) is 84.3 Å². The van der Waals surface area contributed by atoms with Gasteiger partial charge in [-0.2, -0.15) is 0 Å². The second-order valence-corrected chi connectivity index (χ2v) is 7.24. The van der Waals surface area contributed by atoms with Crippen molar-refractivity contribution in [2.24, 2.45) is 10.9 Å². The van der Waals surface area contributed by atoms with E-state index >= 15 is 0 Å². The first kappa shape index (κ1) is 18.2. The van der Waals surface area contributed by atoms with Gasteiger partial charge in [0.1, 0.15) is 0 Å². The number of likely N-dealkylation sites (tertiary alicyclic amines) is 1. The number of nitrogens with zero attached hydrogens (tertiary/aromatic N) is 5. The molecule has 0 aromatic carbocycles. The Hall–Kier alpha value is -1.60. The van der Waals surface area contributed by atoms with Crippen LogP contribution in [-0.2, 0) is 4.74 Å². The molecular formula is C18H32N6O. The first-order valence-corrected chi connectivity index (χ1v) is 9.48. The van der Waals surface area contributed by atoms with Crippen molar-refractivity contribution in [1.82, 2.24) is 24.7 Å². The molecule has 2 aliphatic rings. The van der Waals surface area contributed by atoms with Crippen molar-refractivity contribution in [3.05, 3.63) is 18.7 Å². The molecule has 7 nitrogen and oxygen atoms in total. The first-order chi connectivity index (χ1) is 12.2. The van der Waals surface area contributed by atoms with E-state index in [1.807, 2.05) is 12.5 Å². The third-order valence-electron chi connectivity index (χ3n) is 5.25. The Morgan fingerprint density at radius 2 is 2.24 bits per heavy atom. The molecule has 140 valence electrons. The molecule has 1 aromatic rings. The molecule has 0 spiro atoms. The average molecular weight is 348 g/mol. The van der Waals surface area contributed by atoms with Crippen molar-refractivity contribution >= 4 is 5.96 Å². The second-order valence-electron chi connectivity index (χ2n) is 7.24. The summed E-state index contributed by atoms with van der Waals surface area (Å²) in [6.45, 7) is 10.8. The summed E-state index contributed by atoms with van der Waals surface area (Å²) in [6.07, 6.45) is 7.22. The molecule has 0 radical (unpaired) electrons. The Kier molecular flexibility index (Phi) is 6.31. The van der Waals surface area contributed by atoms with Crippen LogP contribution < -0.4 is 5.32 Å². The average Bonchev–Trinajstić information content (AvgIpc) is 3.14. The number of morpholine rings is 1. The summed E-state index contributed by atoms with van der Waals surface area (Å²) in [4.78, 5) is 13.8. The van der Waals surface area contributed by atoms with Gasteiger partial charge in [-0.15, -0.1) is 0 Å². The van der Waals surface area contributed by atoms with E-state index in [9.17, 15) is 0 Å². The number of likely N-dealkylation sites (N-methyl/N-ethyl adjacent to an activating group) is 1. The van der Waals surface area contributed by atoms with Gasteiger partial charge in [0.25, 0.3) is 0 Å². The van der Waals surface area contributed by atoms with Crippen LogP contribution >= 0.6 is 0 Å². The standard InChI is InChI=1S/C18H32N6O/c1-4-20-18(21-11-16-12-22(3)9-10-25-16)23-7-5-15(2)17(13-23)24-8-6-19-14-24/h6,8,14-17H,4-5,7,9-13H2,1-3H3,(H,20,21). The number of hydrogen-bond acceptors (Lipinski definition) is 4. The molecule has 3 rings (SSSR count). The quantitative estimate of drug-likeness (QED) is 0.651. The molecule has 2 saturated heterocycles. The van der Waals surface area contributed by atoms with Crippen molar-refractivity contribution in [3.8, 4) is 0 Å². The van der Waals surface area contributed by atoms with E-state index in [0.29, 0.717) is 18.5 Å². The van der Waals surface area contributed by atoms with Gasteiger partial charge in [-0.1, -0.05) is 6.92 Å². The summed E-state index contributed by atoms with van der Waals surface area (Å²) in [5.41, 5.74) is 0. The topological polar surface area (TPSA) is 57.9 Å². The fraction of sp³-hybridized carbons (Fsp3) is 0.778. The molecule has 1 aromatic heterocycles. The van der Waals surface area contributed by atoms with Gasteiger partial charge in [0, 0.05) is 45.1 Å².